The normalized spacial score (nSPS) is 30.1. The summed E-state index contributed by atoms with van der Waals surface area (Å²) in [5.74, 6) is -0.858. The third-order valence-electron chi connectivity index (χ3n) is 15.5. The fourth-order valence-corrected chi connectivity index (χ4v) is 14.8. The third-order valence-corrected chi connectivity index (χ3v) is 19.5. The van der Waals surface area contributed by atoms with Gasteiger partial charge in [-0.05, 0) is 25.1 Å². The van der Waals surface area contributed by atoms with Gasteiger partial charge in [0.1, 0.15) is 104 Å². The number of nitrogens with zero attached hydrogens (tertiary/aromatic N) is 10. The van der Waals surface area contributed by atoms with Crippen LogP contribution in [-0.4, -0.2) is 182 Å². The van der Waals surface area contributed by atoms with Crippen molar-refractivity contribution in [1.82, 2.24) is 57.7 Å². The summed E-state index contributed by atoms with van der Waals surface area (Å²) < 4.78 is 133. The van der Waals surface area contributed by atoms with Crippen LogP contribution in [0.15, 0.2) is 78.1 Å². The summed E-state index contributed by atoms with van der Waals surface area (Å²) in [6.07, 6.45) is -18.1. The number of phosphoric ester groups is 4. The van der Waals surface area contributed by atoms with E-state index in [0.717, 1.165) is 30.8 Å². The first-order valence-electron chi connectivity index (χ1n) is 28.6. The Morgan fingerprint density at radius 3 is 1.28 bits per heavy atom. The van der Waals surface area contributed by atoms with Gasteiger partial charge >= 0.3 is 54.0 Å². The molecule has 0 aliphatic carbocycles. The maximum atomic E-state index is 14.1. The van der Waals surface area contributed by atoms with Crippen LogP contribution in [0.25, 0.3) is 11.2 Å². The zero-order chi connectivity index (χ0) is 68.9. The molecule has 5 saturated heterocycles. The van der Waals surface area contributed by atoms with Gasteiger partial charge in [-0.25, -0.2) is 42.4 Å². The van der Waals surface area contributed by atoms with Gasteiger partial charge in [0.05, 0.1) is 45.5 Å². The van der Waals surface area contributed by atoms with Crippen molar-refractivity contribution in [2.45, 2.75) is 131 Å². The van der Waals surface area contributed by atoms with Crippen molar-refractivity contribution in [3.63, 3.8) is 0 Å². The largest absolute Gasteiger partial charge is 0.472 e. The van der Waals surface area contributed by atoms with Crippen molar-refractivity contribution in [2.75, 3.05) is 56.0 Å². The first kappa shape index (κ1) is 70.4. The molecule has 45 nitrogen and oxygen atoms in total. The average molecular weight is 1440 g/mol. The monoisotopic (exact) mass is 1440 g/mol. The number of rotatable bonds is 26. The van der Waals surface area contributed by atoms with E-state index in [9.17, 15) is 76.8 Å². The summed E-state index contributed by atoms with van der Waals surface area (Å²) in [6.45, 7) is -3.27. The number of phosphoric acid groups is 4. The second-order valence-electron chi connectivity index (χ2n) is 22.1. The standard InChI is InChI=1S/C47H62N16O29P4/c1-20-13-62(47(71)58-41(20)66)34-8-21(65)27(85-34)15-80-93(72,73)90-23-10-36(60-6-3-32(49)54-45(60)69)87-29(23)17-82-96(78,79)92-25-12-38(63-19-52-39-40(63)56-43(51)57-42(39)67)88-30(25)18-83-95(76,77)91-24-11-37(61-7-4-33(50)55-46(61)70)86-28(24)16-81-94(74,75)89-22-9-35(84-26(22)14-64)59-5-2-31(48)53-44(59)68/h2-7,13,19,21-30,34-38,64-65H,8-12,14-18H2,1H3,(H,72,73)(H,74,75)(H,76,77)(H,78,79)(H2,48,53,68)(H2,49,54,69)(H2,50,55,70)(H,58,66,71)(H3,51,56,57,67)/t21-,22-,23-,24-,25-,26+,27+,28+,29+,30+,34+,35+,36+,37+,38+/m0/s1. The predicted octanol–water partition coefficient (Wildman–Crippen LogP) is -3.12. The summed E-state index contributed by atoms with van der Waals surface area (Å²) in [5, 5.41) is 20.8. The maximum Gasteiger partial charge on any atom is 0.472 e. The molecule has 524 valence electrons. The topological polar surface area (TPSA) is 637 Å². The molecule has 0 saturated carbocycles. The molecule has 0 aromatic carbocycles. The number of H-pyrrole nitrogens is 2. The molecular weight excluding hydrogens is 1380 g/mol. The van der Waals surface area contributed by atoms with Crippen molar-refractivity contribution >= 4 is 65.9 Å². The predicted molar refractivity (Wildman–Crippen MR) is 316 cm³/mol. The number of nitrogen functional groups attached to an aromatic ring is 4. The Balaban J connectivity index is 0.782. The minimum atomic E-state index is -5.52. The van der Waals surface area contributed by atoms with Crippen LogP contribution in [0.4, 0.5) is 23.4 Å². The van der Waals surface area contributed by atoms with Crippen LogP contribution in [0.1, 0.15) is 68.8 Å². The highest BCUT2D eigenvalue weighted by Crippen LogP contribution is 2.55. The number of ether oxygens (including phenoxy) is 5. The van der Waals surface area contributed by atoms with Crippen LogP contribution in [-0.2, 0) is 78.1 Å². The van der Waals surface area contributed by atoms with Crippen LogP contribution in [0.5, 0.6) is 0 Å². The highest BCUT2D eigenvalue weighted by atomic mass is 31.2. The second kappa shape index (κ2) is 28.1. The van der Waals surface area contributed by atoms with E-state index < -0.39 is 210 Å². The molecule has 11 heterocycles. The number of nitrogens with two attached hydrogens (primary N) is 4. The number of imidazole rings is 1. The average Bonchev–Trinajstić information content (AvgIpc) is 1.64. The molecule has 19 atom stereocenters. The Morgan fingerprint density at radius 2 is 0.875 bits per heavy atom. The summed E-state index contributed by atoms with van der Waals surface area (Å²) in [5.41, 5.74) is 17.4. The third kappa shape index (κ3) is 16.3. The van der Waals surface area contributed by atoms with Crippen molar-refractivity contribution in [3.8, 4) is 0 Å². The van der Waals surface area contributed by atoms with E-state index in [0.29, 0.717) is 0 Å². The molecule has 0 bridgehead atoms. The van der Waals surface area contributed by atoms with Gasteiger partial charge in [0.15, 0.2) is 11.2 Å². The Labute approximate surface area is 534 Å². The van der Waals surface area contributed by atoms with Crippen LogP contribution in [0, 0.1) is 6.92 Å². The van der Waals surface area contributed by atoms with Gasteiger partial charge in [-0.15, -0.1) is 0 Å². The fraction of sp³-hybridized carbons (Fsp3) is 0.553. The highest BCUT2D eigenvalue weighted by molar-refractivity contribution is 7.48. The molecule has 0 spiro atoms. The maximum absolute atomic E-state index is 14.1. The number of aliphatic hydroxyl groups excluding tert-OH is 2. The molecule has 0 radical (unpaired) electrons. The fourth-order valence-electron chi connectivity index (χ4n) is 10.9. The van der Waals surface area contributed by atoms with Gasteiger partial charge in [-0.3, -0.25) is 78.6 Å². The van der Waals surface area contributed by atoms with Gasteiger partial charge < -0.3 is 76.4 Å². The summed E-state index contributed by atoms with van der Waals surface area (Å²) in [6, 6.07) is 3.72. The van der Waals surface area contributed by atoms with Gasteiger partial charge in [0.25, 0.3) is 11.1 Å². The Hall–Kier alpha value is -6.97. The number of aromatic nitrogens is 12. The molecule has 96 heavy (non-hydrogen) atoms. The lowest BCUT2D eigenvalue weighted by molar-refractivity contribution is -0.0645. The molecule has 11 rings (SSSR count). The van der Waals surface area contributed by atoms with E-state index in [-0.39, 0.29) is 53.0 Å². The Bertz CT molecular complexity index is 4460. The van der Waals surface area contributed by atoms with E-state index in [2.05, 4.69) is 34.9 Å². The highest BCUT2D eigenvalue weighted by Gasteiger charge is 2.50. The Kier molecular flexibility index (Phi) is 20.6. The molecule has 6 aromatic heterocycles. The number of aromatic amines is 2. The molecule has 5 aliphatic rings. The van der Waals surface area contributed by atoms with E-state index in [1.807, 2.05) is 0 Å². The molecule has 6 aromatic rings. The number of anilines is 4. The molecule has 0 amide bonds. The lowest BCUT2D eigenvalue weighted by Crippen LogP contribution is -2.33. The molecular formula is C47H62N16O29P4. The van der Waals surface area contributed by atoms with E-state index in [1.165, 1.54) is 48.3 Å². The SMILES string of the molecule is Cc1cn([C@H]2C[C@H](O)[C@@H](COP(=O)(O)O[C@H]3C[C@H](n4ccc(N)nc4=O)O[C@@H]3COP(=O)(O)O[C@H]3C[C@H](n4cnc5c(=O)[nH]c(N)nc54)O[C@@H]3COP(=O)(O)O[C@H]3C[C@H](n4ccc(N)nc4=O)O[C@@H]3COP(=O)(O)O[C@H]3C[C@H](n4ccc(N)nc4=O)O[C@@H]3CO)O2)c(=O)[nH]c1=O. The first-order valence-corrected chi connectivity index (χ1v) is 34.5. The van der Waals surface area contributed by atoms with Gasteiger partial charge in [-0.2, -0.15) is 19.9 Å². The number of nitrogens with one attached hydrogen (secondary N) is 2. The van der Waals surface area contributed by atoms with Gasteiger partial charge in [0, 0.05) is 62.5 Å². The van der Waals surface area contributed by atoms with Crippen LogP contribution >= 0.6 is 31.3 Å². The minimum absolute atomic E-state index is 0.105. The molecule has 5 aliphatic heterocycles. The lowest BCUT2D eigenvalue weighted by Gasteiger charge is -2.25. The van der Waals surface area contributed by atoms with E-state index in [1.54, 1.807) is 0 Å². The minimum Gasteiger partial charge on any atom is -0.394 e. The van der Waals surface area contributed by atoms with Gasteiger partial charge in [-0.1, -0.05) is 0 Å². The van der Waals surface area contributed by atoms with Crippen LogP contribution in [0.3, 0.4) is 0 Å². The molecule has 5 fully saturated rings. The van der Waals surface area contributed by atoms with Gasteiger partial charge in [0.2, 0.25) is 5.95 Å². The van der Waals surface area contributed by atoms with Crippen molar-refractivity contribution < 1.29 is 108 Å². The smallest absolute Gasteiger partial charge is 0.394 e. The first-order chi connectivity index (χ1) is 45.3. The zero-order valence-corrected chi connectivity index (χ0v) is 53.1. The Morgan fingerprint density at radius 1 is 0.510 bits per heavy atom. The lowest BCUT2D eigenvalue weighted by atomic mass is 10.2. The van der Waals surface area contributed by atoms with Crippen LogP contribution in [0.2, 0.25) is 0 Å². The molecule has 49 heteroatoms. The van der Waals surface area contributed by atoms with E-state index in [4.69, 9.17) is 82.8 Å². The summed E-state index contributed by atoms with van der Waals surface area (Å²) >= 11 is 0. The number of aliphatic hydroxyl groups is 2. The number of hydrogen-bond acceptors (Lipinski definition) is 34. The molecule has 16 N–H and O–H groups in total. The number of aryl methyl sites for hydroxylation is 1. The van der Waals surface area contributed by atoms with E-state index >= 15 is 0 Å². The number of hydrogen-bond donors (Lipinski definition) is 12. The van der Waals surface area contributed by atoms with Crippen molar-refractivity contribution in [1.29, 1.82) is 0 Å². The summed E-state index contributed by atoms with van der Waals surface area (Å²) in [4.78, 5) is 144. The summed E-state index contributed by atoms with van der Waals surface area (Å²) in [7, 11) is -21.6. The van der Waals surface area contributed by atoms with Crippen LogP contribution < -0.4 is 56.8 Å². The van der Waals surface area contributed by atoms with Crippen molar-refractivity contribution in [3.05, 3.63) is 118 Å². The van der Waals surface area contributed by atoms with Crippen molar-refractivity contribution in [2.24, 2.45) is 0 Å². The zero-order valence-electron chi connectivity index (χ0n) is 49.5. The quantitative estimate of drug-likeness (QED) is 0.0239. The second-order valence-corrected chi connectivity index (χ2v) is 27.7. The molecule has 4 unspecified atom stereocenters. The number of fused-ring (bicyclic) bond motifs is 1.